The first-order valence-electron chi connectivity index (χ1n) is 6.14. The first-order valence-corrected chi connectivity index (χ1v) is 6.14. The minimum absolute atomic E-state index is 0.0300. The highest BCUT2D eigenvalue weighted by atomic mass is 19.4. The van der Waals surface area contributed by atoms with Crippen molar-refractivity contribution in [2.45, 2.75) is 19.1 Å². The molecular formula is C13H8F4N4O2. The Balaban J connectivity index is 2.15. The molecule has 1 N–H and O–H groups in total. The van der Waals surface area contributed by atoms with Gasteiger partial charge in [0.15, 0.2) is 0 Å². The van der Waals surface area contributed by atoms with E-state index in [1.165, 1.54) is 12.1 Å². The van der Waals surface area contributed by atoms with Crippen molar-refractivity contribution in [1.82, 2.24) is 15.5 Å². The third kappa shape index (κ3) is 4.03. The maximum absolute atomic E-state index is 13.9. The van der Waals surface area contributed by atoms with Crippen LogP contribution in [0.4, 0.5) is 17.6 Å². The van der Waals surface area contributed by atoms with E-state index in [-0.39, 0.29) is 18.5 Å². The van der Waals surface area contributed by atoms with Crippen molar-refractivity contribution < 1.29 is 26.9 Å². The van der Waals surface area contributed by atoms with Gasteiger partial charge in [-0.1, -0.05) is 11.2 Å². The van der Waals surface area contributed by atoms with Crippen LogP contribution in [0.25, 0.3) is 11.4 Å². The lowest BCUT2D eigenvalue weighted by Crippen LogP contribution is -2.21. The molecule has 0 fully saturated rings. The molecule has 0 spiro atoms. The summed E-state index contributed by atoms with van der Waals surface area (Å²) in [4.78, 5) is 14.2. The molecule has 0 radical (unpaired) electrons. The van der Waals surface area contributed by atoms with Gasteiger partial charge in [0, 0.05) is 6.54 Å². The van der Waals surface area contributed by atoms with E-state index in [1.807, 2.05) is 0 Å². The molecule has 0 bridgehead atoms. The zero-order chi connectivity index (χ0) is 17.0. The van der Waals surface area contributed by atoms with Crippen LogP contribution in [0.5, 0.6) is 0 Å². The number of hydrogen-bond acceptors (Lipinski definition) is 5. The molecule has 1 aromatic heterocycles. The molecule has 0 unspecified atom stereocenters. The number of halogens is 4. The molecule has 2 aromatic rings. The molecule has 1 aromatic carbocycles. The van der Waals surface area contributed by atoms with Gasteiger partial charge < -0.3 is 9.84 Å². The second-order valence-electron chi connectivity index (χ2n) is 4.35. The summed E-state index contributed by atoms with van der Waals surface area (Å²) in [7, 11) is 0. The highest BCUT2D eigenvalue weighted by molar-refractivity contribution is 5.77. The first kappa shape index (κ1) is 16.4. The van der Waals surface area contributed by atoms with Gasteiger partial charge in [0.25, 0.3) is 0 Å². The fourth-order valence-electron chi connectivity index (χ4n) is 1.63. The fraction of sp³-hybridized carbons (Fsp3) is 0.231. The number of rotatable bonds is 4. The molecule has 0 saturated heterocycles. The van der Waals surface area contributed by atoms with Crippen LogP contribution >= 0.6 is 0 Å². The Morgan fingerprint density at radius 1 is 1.39 bits per heavy atom. The summed E-state index contributed by atoms with van der Waals surface area (Å²) in [6, 6.07) is 5.23. The molecule has 1 heterocycles. The van der Waals surface area contributed by atoms with Gasteiger partial charge in [0.2, 0.25) is 11.7 Å². The zero-order valence-corrected chi connectivity index (χ0v) is 11.3. The third-order valence-corrected chi connectivity index (χ3v) is 2.67. The van der Waals surface area contributed by atoms with Crippen molar-refractivity contribution in [2.75, 3.05) is 0 Å². The molecule has 0 aliphatic rings. The number of nitrogens with one attached hydrogen (secondary N) is 1. The summed E-state index contributed by atoms with van der Waals surface area (Å²) in [6.07, 6.45) is -5.14. The summed E-state index contributed by atoms with van der Waals surface area (Å²) in [5.74, 6) is -3.49. The van der Waals surface area contributed by atoms with E-state index in [2.05, 4.69) is 20.0 Å². The Morgan fingerprint density at radius 2 is 2.13 bits per heavy atom. The standard InChI is InChI=1S/C13H8F4N4O2/c14-9-5-7(6-19-10(22)3-4-18)1-2-8(9)11-20-12(23-21-11)13(15,16)17/h1-2,5H,3,6H2,(H,19,22). The highest BCUT2D eigenvalue weighted by Gasteiger charge is 2.38. The summed E-state index contributed by atoms with van der Waals surface area (Å²) >= 11 is 0. The predicted octanol–water partition coefficient (Wildman–Crippen LogP) is 2.42. The number of benzene rings is 1. The van der Waals surface area contributed by atoms with Crippen LogP contribution in [-0.4, -0.2) is 16.0 Å². The largest absolute Gasteiger partial charge is 0.471 e. The van der Waals surface area contributed by atoms with Gasteiger partial charge in [-0.3, -0.25) is 4.79 Å². The van der Waals surface area contributed by atoms with Crippen molar-refractivity contribution in [3.8, 4) is 17.5 Å². The quantitative estimate of drug-likeness (QED) is 0.870. The number of carbonyl (C=O) groups is 1. The molecular weight excluding hydrogens is 320 g/mol. The van der Waals surface area contributed by atoms with E-state index in [1.54, 1.807) is 6.07 Å². The number of carbonyl (C=O) groups excluding carboxylic acids is 1. The molecule has 2 rings (SSSR count). The lowest BCUT2D eigenvalue weighted by molar-refractivity contribution is -0.159. The lowest BCUT2D eigenvalue weighted by Gasteiger charge is -2.05. The topological polar surface area (TPSA) is 91.8 Å². The Kier molecular flexibility index (Phi) is 4.59. The Morgan fingerprint density at radius 3 is 2.70 bits per heavy atom. The van der Waals surface area contributed by atoms with Crippen LogP contribution in [-0.2, 0) is 17.5 Å². The smallest absolute Gasteiger partial charge is 0.351 e. The average molecular weight is 328 g/mol. The first-order chi connectivity index (χ1) is 10.8. The van der Waals surface area contributed by atoms with Crippen LogP contribution in [0, 0.1) is 17.1 Å². The molecule has 120 valence electrons. The van der Waals surface area contributed by atoms with Crippen molar-refractivity contribution in [2.24, 2.45) is 0 Å². The number of nitriles is 1. The maximum Gasteiger partial charge on any atom is 0.471 e. The van der Waals surface area contributed by atoms with Crippen LogP contribution in [0.1, 0.15) is 17.9 Å². The van der Waals surface area contributed by atoms with E-state index in [9.17, 15) is 22.4 Å². The number of hydrogen-bond donors (Lipinski definition) is 1. The predicted molar refractivity (Wildman–Crippen MR) is 66.8 cm³/mol. The summed E-state index contributed by atoms with van der Waals surface area (Å²) in [5, 5.41) is 13.8. The third-order valence-electron chi connectivity index (χ3n) is 2.67. The summed E-state index contributed by atoms with van der Waals surface area (Å²) < 4.78 is 55.1. The van der Waals surface area contributed by atoms with Crippen molar-refractivity contribution in [3.05, 3.63) is 35.5 Å². The van der Waals surface area contributed by atoms with E-state index in [0.29, 0.717) is 5.56 Å². The Bertz CT molecular complexity index is 764. The number of aromatic nitrogens is 2. The second kappa shape index (κ2) is 6.43. The molecule has 1 amide bonds. The second-order valence-corrected chi connectivity index (χ2v) is 4.35. The molecule has 23 heavy (non-hydrogen) atoms. The zero-order valence-electron chi connectivity index (χ0n) is 11.3. The summed E-state index contributed by atoms with van der Waals surface area (Å²) in [5.41, 5.74) is 0.0911. The van der Waals surface area contributed by atoms with Crippen LogP contribution in [0.2, 0.25) is 0 Å². The van der Waals surface area contributed by atoms with Gasteiger partial charge in [-0.2, -0.15) is 23.4 Å². The maximum atomic E-state index is 13.9. The van der Waals surface area contributed by atoms with E-state index >= 15 is 0 Å². The highest BCUT2D eigenvalue weighted by Crippen LogP contribution is 2.30. The minimum atomic E-state index is -4.81. The number of amides is 1. The average Bonchev–Trinajstić information content (AvgIpc) is 2.95. The Hall–Kier alpha value is -2.96. The van der Waals surface area contributed by atoms with Gasteiger partial charge in [-0.25, -0.2) is 4.39 Å². The van der Waals surface area contributed by atoms with E-state index < -0.39 is 29.6 Å². The monoisotopic (exact) mass is 328 g/mol. The summed E-state index contributed by atoms with van der Waals surface area (Å²) in [6.45, 7) is -0.0300. The minimum Gasteiger partial charge on any atom is -0.351 e. The van der Waals surface area contributed by atoms with E-state index in [4.69, 9.17) is 5.26 Å². The van der Waals surface area contributed by atoms with Gasteiger partial charge >= 0.3 is 12.1 Å². The van der Waals surface area contributed by atoms with Crippen molar-refractivity contribution in [3.63, 3.8) is 0 Å². The fourth-order valence-corrected chi connectivity index (χ4v) is 1.63. The van der Waals surface area contributed by atoms with Gasteiger partial charge in [0.05, 0.1) is 11.6 Å². The molecule has 0 atom stereocenters. The van der Waals surface area contributed by atoms with Crippen molar-refractivity contribution in [1.29, 1.82) is 5.26 Å². The lowest BCUT2D eigenvalue weighted by atomic mass is 10.1. The number of nitrogens with zero attached hydrogens (tertiary/aromatic N) is 3. The molecule has 10 heteroatoms. The Labute approximate surface area is 126 Å². The normalized spacial score (nSPS) is 11.1. The number of alkyl halides is 3. The van der Waals surface area contributed by atoms with Gasteiger partial charge in [-0.05, 0) is 17.7 Å². The van der Waals surface area contributed by atoms with Gasteiger partial charge in [0.1, 0.15) is 12.2 Å². The van der Waals surface area contributed by atoms with Gasteiger partial charge in [-0.15, -0.1) is 0 Å². The van der Waals surface area contributed by atoms with Crippen LogP contribution < -0.4 is 5.32 Å². The van der Waals surface area contributed by atoms with Crippen LogP contribution in [0.3, 0.4) is 0 Å². The van der Waals surface area contributed by atoms with E-state index in [0.717, 1.165) is 6.07 Å². The molecule has 6 nitrogen and oxygen atoms in total. The van der Waals surface area contributed by atoms with Crippen LogP contribution in [0.15, 0.2) is 22.7 Å². The molecule has 0 saturated carbocycles. The molecule has 0 aliphatic carbocycles. The molecule has 0 aliphatic heterocycles. The van der Waals surface area contributed by atoms with Crippen molar-refractivity contribution >= 4 is 5.91 Å². The SMILES string of the molecule is N#CCC(=O)NCc1ccc(-c2noc(C(F)(F)F)n2)c(F)c1.